The smallest absolute Gasteiger partial charge is 0.280 e. The maximum atomic E-state index is 11.8. The summed E-state index contributed by atoms with van der Waals surface area (Å²) >= 11 is 0. The third kappa shape index (κ3) is 3.59. The molecule has 0 fully saturated rings. The van der Waals surface area contributed by atoms with E-state index in [2.05, 4.69) is 6.58 Å². The molecule has 0 heterocycles. The average Bonchev–Trinajstić information content (AvgIpc) is 2.27. The largest absolute Gasteiger partial charge is 0.496 e. The maximum absolute atomic E-state index is 11.8. The highest BCUT2D eigenvalue weighted by Gasteiger charge is 2.18. The molecule has 0 unspecified atom stereocenters. The Morgan fingerprint density at radius 1 is 1.40 bits per heavy atom. The van der Waals surface area contributed by atoms with Crippen molar-refractivity contribution in [3.05, 3.63) is 36.1 Å². The van der Waals surface area contributed by atoms with E-state index in [1.165, 1.54) is 27.3 Å². The van der Waals surface area contributed by atoms with Gasteiger partial charge in [0.15, 0.2) is 0 Å². The van der Waals surface area contributed by atoms with Gasteiger partial charge in [0.1, 0.15) is 5.76 Å². The van der Waals surface area contributed by atoms with Gasteiger partial charge in [0.25, 0.3) is 5.91 Å². The number of likely N-dealkylation sites (N-methyl/N-ethyl adjacent to an activating group) is 1. The molecule has 0 aliphatic rings. The van der Waals surface area contributed by atoms with Crippen molar-refractivity contribution in [2.24, 2.45) is 0 Å². The number of amides is 1. The molecule has 0 bridgehead atoms. The first-order valence-corrected chi connectivity index (χ1v) is 4.47. The van der Waals surface area contributed by atoms with E-state index in [4.69, 9.17) is 9.57 Å². The van der Waals surface area contributed by atoms with Crippen LogP contribution in [-0.4, -0.2) is 32.2 Å². The minimum atomic E-state index is -0.285. The van der Waals surface area contributed by atoms with Gasteiger partial charge < -0.3 is 4.74 Å². The molecular weight excluding hydrogens is 194 g/mol. The first-order valence-electron chi connectivity index (χ1n) is 4.47. The van der Waals surface area contributed by atoms with E-state index >= 15 is 0 Å². The number of carbonyl (C=O) groups excluding carboxylic acids is 1. The van der Waals surface area contributed by atoms with Gasteiger partial charge in [-0.25, -0.2) is 5.06 Å². The van der Waals surface area contributed by atoms with Crippen molar-refractivity contribution in [2.75, 3.05) is 21.3 Å². The quantitative estimate of drug-likeness (QED) is 0.300. The monoisotopic (exact) mass is 211 g/mol. The first kappa shape index (κ1) is 13.4. The van der Waals surface area contributed by atoms with Crippen molar-refractivity contribution in [1.82, 2.24) is 5.06 Å². The highest BCUT2D eigenvalue weighted by atomic mass is 16.7. The summed E-state index contributed by atoms with van der Waals surface area (Å²) in [6, 6.07) is 0. The van der Waals surface area contributed by atoms with Crippen LogP contribution in [0.25, 0.3) is 0 Å². The molecule has 0 aromatic rings. The van der Waals surface area contributed by atoms with E-state index in [9.17, 15) is 4.79 Å². The van der Waals surface area contributed by atoms with Crippen molar-refractivity contribution in [2.45, 2.75) is 6.92 Å². The molecule has 4 nitrogen and oxygen atoms in total. The van der Waals surface area contributed by atoms with Gasteiger partial charge in [-0.2, -0.15) is 0 Å². The maximum Gasteiger partial charge on any atom is 0.280 e. The Morgan fingerprint density at radius 2 is 2.00 bits per heavy atom. The van der Waals surface area contributed by atoms with Crippen LogP contribution in [0.2, 0.25) is 0 Å². The second kappa shape index (κ2) is 6.84. The molecule has 0 saturated carbocycles. The molecule has 0 aliphatic heterocycles. The fraction of sp³-hybridized carbons (Fsp3) is 0.364. The number of rotatable bonds is 5. The highest BCUT2D eigenvalue weighted by molar-refractivity contribution is 5.96. The Morgan fingerprint density at radius 3 is 2.33 bits per heavy atom. The molecule has 0 saturated heterocycles. The molecular formula is C11H17NO3. The van der Waals surface area contributed by atoms with E-state index in [0.717, 1.165) is 5.06 Å². The van der Waals surface area contributed by atoms with Gasteiger partial charge in [-0.15, -0.1) is 0 Å². The number of methoxy groups -OCH3 is 1. The molecule has 0 spiro atoms. The third-order valence-corrected chi connectivity index (χ3v) is 1.82. The SMILES string of the molecule is C=C/C=C(C(=O)N(C)OC)\C(=C/C)OC. The zero-order chi connectivity index (χ0) is 11.8. The number of allylic oxidation sites excluding steroid dienone is 3. The predicted octanol–water partition coefficient (Wildman–Crippen LogP) is 1.67. The number of hydrogen-bond acceptors (Lipinski definition) is 3. The molecule has 0 aromatic heterocycles. The minimum absolute atomic E-state index is 0.285. The van der Waals surface area contributed by atoms with Crippen LogP contribution in [0.3, 0.4) is 0 Å². The molecule has 0 rings (SSSR count). The average molecular weight is 211 g/mol. The fourth-order valence-electron chi connectivity index (χ4n) is 1.01. The topological polar surface area (TPSA) is 38.8 Å². The van der Waals surface area contributed by atoms with E-state index in [-0.39, 0.29) is 5.91 Å². The summed E-state index contributed by atoms with van der Waals surface area (Å²) in [7, 11) is 4.46. The molecule has 0 radical (unpaired) electrons. The molecule has 0 aliphatic carbocycles. The highest BCUT2D eigenvalue weighted by Crippen LogP contribution is 2.13. The van der Waals surface area contributed by atoms with Gasteiger partial charge in [0.05, 0.1) is 19.8 Å². The van der Waals surface area contributed by atoms with E-state index in [1.807, 2.05) is 0 Å². The summed E-state index contributed by atoms with van der Waals surface area (Å²) in [4.78, 5) is 16.6. The van der Waals surface area contributed by atoms with Crippen molar-refractivity contribution in [3.8, 4) is 0 Å². The summed E-state index contributed by atoms with van der Waals surface area (Å²) in [6.45, 7) is 5.34. The standard InChI is InChI=1S/C11H17NO3/c1-6-8-9(10(7-2)14-4)11(13)12(3)15-5/h6-8H,1H2,2-5H3/b9-8+,10-7+. The minimum Gasteiger partial charge on any atom is -0.496 e. The van der Waals surface area contributed by atoms with Gasteiger partial charge >= 0.3 is 0 Å². The molecule has 84 valence electrons. The fourth-order valence-corrected chi connectivity index (χ4v) is 1.01. The van der Waals surface area contributed by atoms with Crippen molar-refractivity contribution >= 4 is 5.91 Å². The zero-order valence-electron chi connectivity index (χ0n) is 9.61. The Kier molecular flexibility index (Phi) is 6.13. The van der Waals surface area contributed by atoms with Crippen molar-refractivity contribution < 1.29 is 14.4 Å². The lowest BCUT2D eigenvalue weighted by Crippen LogP contribution is -2.27. The predicted molar refractivity (Wildman–Crippen MR) is 58.8 cm³/mol. The Bertz CT molecular complexity index is 292. The molecule has 0 aromatic carbocycles. The van der Waals surface area contributed by atoms with Gasteiger partial charge in [-0.05, 0) is 19.1 Å². The van der Waals surface area contributed by atoms with Gasteiger partial charge in [-0.1, -0.05) is 12.7 Å². The van der Waals surface area contributed by atoms with Gasteiger partial charge in [-0.3, -0.25) is 9.63 Å². The molecule has 0 atom stereocenters. The summed E-state index contributed by atoms with van der Waals surface area (Å²) in [5, 5.41) is 1.12. The summed E-state index contributed by atoms with van der Waals surface area (Å²) < 4.78 is 5.07. The lowest BCUT2D eigenvalue weighted by molar-refractivity contribution is -0.163. The molecule has 0 N–H and O–H groups in total. The lowest BCUT2D eigenvalue weighted by atomic mass is 10.1. The normalized spacial score (nSPS) is 12.3. The van der Waals surface area contributed by atoms with Crippen LogP contribution in [0, 0.1) is 0 Å². The van der Waals surface area contributed by atoms with Crippen LogP contribution >= 0.6 is 0 Å². The van der Waals surface area contributed by atoms with E-state index in [0.29, 0.717) is 11.3 Å². The van der Waals surface area contributed by atoms with Gasteiger partial charge in [0.2, 0.25) is 0 Å². The third-order valence-electron chi connectivity index (χ3n) is 1.82. The second-order valence-corrected chi connectivity index (χ2v) is 2.66. The summed E-state index contributed by atoms with van der Waals surface area (Å²) in [6.07, 6.45) is 4.81. The van der Waals surface area contributed by atoms with Gasteiger partial charge in [0, 0.05) is 7.05 Å². The number of hydroxylamine groups is 2. The number of carbonyl (C=O) groups is 1. The van der Waals surface area contributed by atoms with E-state index in [1.54, 1.807) is 19.1 Å². The Balaban J connectivity index is 5.07. The zero-order valence-corrected chi connectivity index (χ0v) is 9.61. The van der Waals surface area contributed by atoms with Crippen LogP contribution in [0.5, 0.6) is 0 Å². The van der Waals surface area contributed by atoms with Crippen LogP contribution in [0.1, 0.15) is 6.92 Å². The molecule has 4 heteroatoms. The van der Waals surface area contributed by atoms with E-state index < -0.39 is 0 Å². The Labute approximate surface area is 90.4 Å². The molecule has 15 heavy (non-hydrogen) atoms. The summed E-state index contributed by atoms with van der Waals surface area (Å²) in [5.41, 5.74) is 0.402. The van der Waals surface area contributed by atoms with Crippen molar-refractivity contribution in [1.29, 1.82) is 0 Å². The number of nitrogens with zero attached hydrogens (tertiary/aromatic N) is 1. The van der Waals surface area contributed by atoms with Crippen LogP contribution < -0.4 is 0 Å². The Hall–Kier alpha value is -1.55. The first-order chi connectivity index (χ1) is 7.12. The number of ether oxygens (including phenoxy) is 1. The van der Waals surface area contributed by atoms with Crippen molar-refractivity contribution in [3.63, 3.8) is 0 Å². The van der Waals surface area contributed by atoms with Crippen LogP contribution in [0.15, 0.2) is 36.1 Å². The summed E-state index contributed by atoms with van der Waals surface area (Å²) in [5.74, 6) is 0.205. The number of hydrogen-bond donors (Lipinski definition) is 0. The van der Waals surface area contributed by atoms with Crippen LogP contribution in [0.4, 0.5) is 0 Å². The van der Waals surface area contributed by atoms with Crippen LogP contribution in [-0.2, 0) is 14.4 Å². The molecule has 1 amide bonds. The second-order valence-electron chi connectivity index (χ2n) is 2.66. The lowest BCUT2D eigenvalue weighted by Gasteiger charge is -2.16.